The number of para-hydroxylation sites is 1. The van der Waals surface area contributed by atoms with Crippen molar-refractivity contribution < 1.29 is 9.53 Å². The number of benzene rings is 3. The molecule has 0 fully saturated rings. The van der Waals surface area contributed by atoms with Crippen LogP contribution in [0.3, 0.4) is 0 Å². The van der Waals surface area contributed by atoms with Crippen LogP contribution in [0.2, 0.25) is 0 Å². The Kier molecular flexibility index (Phi) is 6.39. The summed E-state index contributed by atoms with van der Waals surface area (Å²) in [6, 6.07) is 26.7. The normalized spacial score (nSPS) is 11.9. The fourth-order valence-electron chi connectivity index (χ4n) is 2.59. The van der Waals surface area contributed by atoms with Crippen molar-refractivity contribution in [3.05, 3.63) is 113 Å². The molecule has 0 bridgehead atoms. The molecule has 2 nitrogen and oxygen atoms in total. The van der Waals surface area contributed by atoms with Gasteiger partial charge in [0, 0.05) is 5.56 Å². The Morgan fingerprint density at radius 3 is 1.89 bits per heavy atom. The van der Waals surface area contributed by atoms with Gasteiger partial charge in [-0.2, -0.15) is 0 Å². The Morgan fingerprint density at radius 2 is 1.30 bits per heavy atom. The SMILES string of the molecule is CC(Br)=C(C=CC(=O)c1ccc(Oc2ccccc2)cc1)c1ccccc1. The second-order valence-corrected chi connectivity index (χ2v) is 7.14. The smallest absolute Gasteiger partial charge is 0.185 e. The second-order valence-electron chi connectivity index (χ2n) is 5.95. The van der Waals surface area contributed by atoms with E-state index in [9.17, 15) is 4.79 Å². The molecule has 3 heteroatoms. The van der Waals surface area contributed by atoms with Crippen LogP contribution in [0, 0.1) is 0 Å². The average Bonchev–Trinajstić information content (AvgIpc) is 2.70. The van der Waals surface area contributed by atoms with Crippen LogP contribution in [0.5, 0.6) is 11.5 Å². The lowest BCUT2D eigenvalue weighted by atomic mass is 10.0. The predicted octanol–water partition coefficient (Wildman–Crippen LogP) is 7.04. The number of halogens is 1. The molecular formula is C24H19BrO2. The summed E-state index contributed by atoms with van der Waals surface area (Å²) in [6.45, 7) is 1.97. The van der Waals surface area contributed by atoms with E-state index in [1.54, 1.807) is 30.3 Å². The highest BCUT2D eigenvalue weighted by molar-refractivity contribution is 9.11. The van der Waals surface area contributed by atoms with Crippen LogP contribution in [-0.2, 0) is 0 Å². The molecule has 0 aliphatic heterocycles. The topological polar surface area (TPSA) is 26.3 Å². The zero-order valence-corrected chi connectivity index (χ0v) is 16.5. The van der Waals surface area contributed by atoms with E-state index in [2.05, 4.69) is 15.9 Å². The highest BCUT2D eigenvalue weighted by Crippen LogP contribution is 2.24. The molecule has 0 amide bonds. The van der Waals surface area contributed by atoms with E-state index in [0.717, 1.165) is 21.4 Å². The predicted molar refractivity (Wildman–Crippen MR) is 114 cm³/mol. The fourth-order valence-corrected chi connectivity index (χ4v) is 2.96. The van der Waals surface area contributed by atoms with Gasteiger partial charge in [-0.15, -0.1) is 0 Å². The molecule has 3 aromatic rings. The van der Waals surface area contributed by atoms with Crippen LogP contribution in [0.1, 0.15) is 22.8 Å². The average molecular weight is 419 g/mol. The Hall–Kier alpha value is -2.91. The van der Waals surface area contributed by atoms with Crippen LogP contribution < -0.4 is 4.74 Å². The third-order valence-corrected chi connectivity index (χ3v) is 4.40. The zero-order valence-electron chi connectivity index (χ0n) is 14.9. The largest absolute Gasteiger partial charge is 0.457 e. The maximum absolute atomic E-state index is 12.5. The molecule has 0 heterocycles. The van der Waals surface area contributed by atoms with Crippen molar-refractivity contribution in [2.45, 2.75) is 6.92 Å². The van der Waals surface area contributed by atoms with Gasteiger partial charge in [0.2, 0.25) is 0 Å². The van der Waals surface area contributed by atoms with Crippen molar-refractivity contribution in [2.75, 3.05) is 0 Å². The van der Waals surface area contributed by atoms with Crippen molar-refractivity contribution >= 4 is 27.3 Å². The molecule has 27 heavy (non-hydrogen) atoms. The molecule has 3 rings (SSSR count). The van der Waals surface area contributed by atoms with E-state index in [1.807, 2.05) is 73.7 Å². The standard InChI is InChI=1S/C24H19BrO2/c1-18(25)23(19-8-4-2-5-9-19)16-17-24(26)20-12-14-22(15-13-20)27-21-10-6-3-7-11-21/h2-17H,1H3. The van der Waals surface area contributed by atoms with Gasteiger partial charge in [0.15, 0.2) is 5.78 Å². The highest BCUT2D eigenvalue weighted by Gasteiger charge is 2.05. The van der Waals surface area contributed by atoms with E-state index in [1.165, 1.54) is 0 Å². The van der Waals surface area contributed by atoms with E-state index in [-0.39, 0.29) is 5.78 Å². The van der Waals surface area contributed by atoms with Crippen molar-refractivity contribution in [3.8, 4) is 11.5 Å². The number of ether oxygens (including phenoxy) is 1. The van der Waals surface area contributed by atoms with Crippen LogP contribution >= 0.6 is 15.9 Å². The van der Waals surface area contributed by atoms with Gasteiger partial charge in [0.25, 0.3) is 0 Å². The summed E-state index contributed by atoms with van der Waals surface area (Å²) in [5.74, 6) is 1.41. The van der Waals surface area contributed by atoms with Gasteiger partial charge in [-0.3, -0.25) is 4.79 Å². The molecule has 0 atom stereocenters. The van der Waals surface area contributed by atoms with Crippen LogP contribution in [-0.4, -0.2) is 5.78 Å². The molecule has 0 spiro atoms. The minimum absolute atomic E-state index is 0.0524. The summed E-state index contributed by atoms with van der Waals surface area (Å²) in [6.07, 6.45) is 3.44. The number of ketones is 1. The van der Waals surface area contributed by atoms with Crippen molar-refractivity contribution in [1.82, 2.24) is 0 Å². The van der Waals surface area contributed by atoms with E-state index >= 15 is 0 Å². The van der Waals surface area contributed by atoms with Gasteiger partial charge < -0.3 is 4.74 Å². The number of carbonyl (C=O) groups is 1. The van der Waals surface area contributed by atoms with Crippen molar-refractivity contribution in [3.63, 3.8) is 0 Å². The minimum atomic E-state index is -0.0524. The summed E-state index contributed by atoms with van der Waals surface area (Å²) in [5.41, 5.74) is 2.65. The maximum Gasteiger partial charge on any atom is 0.185 e. The van der Waals surface area contributed by atoms with Crippen LogP contribution in [0.25, 0.3) is 5.57 Å². The first-order chi connectivity index (χ1) is 13.1. The fraction of sp³-hybridized carbons (Fsp3) is 0.0417. The molecule has 0 N–H and O–H groups in total. The lowest BCUT2D eigenvalue weighted by Gasteiger charge is -2.06. The van der Waals surface area contributed by atoms with Gasteiger partial charge in [-0.1, -0.05) is 64.5 Å². The van der Waals surface area contributed by atoms with Crippen molar-refractivity contribution in [2.24, 2.45) is 0 Å². The Labute approximate surface area is 167 Å². The molecule has 0 saturated heterocycles. The summed E-state index contributed by atoms with van der Waals surface area (Å²) in [5, 5.41) is 0. The van der Waals surface area contributed by atoms with E-state index in [0.29, 0.717) is 11.3 Å². The summed E-state index contributed by atoms with van der Waals surface area (Å²) in [4.78, 5) is 12.5. The van der Waals surface area contributed by atoms with Crippen molar-refractivity contribution in [1.29, 1.82) is 0 Å². The Bertz CT molecular complexity index is 952. The molecule has 3 aromatic carbocycles. The summed E-state index contributed by atoms with van der Waals surface area (Å²) in [7, 11) is 0. The number of rotatable bonds is 6. The lowest BCUT2D eigenvalue weighted by molar-refractivity contribution is 0.104. The first kappa shape index (κ1) is 18.9. The highest BCUT2D eigenvalue weighted by atomic mass is 79.9. The molecule has 0 saturated carbocycles. The van der Waals surface area contributed by atoms with Gasteiger partial charge in [-0.25, -0.2) is 0 Å². The molecule has 0 radical (unpaired) electrons. The second kappa shape index (κ2) is 9.15. The molecule has 0 aliphatic rings. The van der Waals surface area contributed by atoms with Crippen LogP contribution in [0.4, 0.5) is 0 Å². The van der Waals surface area contributed by atoms with Gasteiger partial charge in [0.05, 0.1) is 0 Å². The zero-order chi connectivity index (χ0) is 19.1. The van der Waals surface area contributed by atoms with Gasteiger partial charge >= 0.3 is 0 Å². The van der Waals surface area contributed by atoms with E-state index in [4.69, 9.17) is 4.74 Å². The number of hydrogen-bond donors (Lipinski definition) is 0. The third kappa shape index (κ3) is 5.28. The number of carbonyl (C=O) groups excluding carboxylic acids is 1. The minimum Gasteiger partial charge on any atom is -0.457 e. The van der Waals surface area contributed by atoms with E-state index < -0.39 is 0 Å². The molecular weight excluding hydrogens is 400 g/mol. The quantitative estimate of drug-likeness (QED) is 0.243. The molecule has 0 aromatic heterocycles. The van der Waals surface area contributed by atoms with Gasteiger partial charge in [0.1, 0.15) is 11.5 Å². The summed E-state index contributed by atoms with van der Waals surface area (Å²) >= 11 is 3.53. The summed E-state index contributed by atoms with van der Waals surface area (Å²) < 4.78 is 6.73. The van der Waals surface area contributed by atoms with Gasteiger partial charge in [-0.05, 0) is 71.1 Å². The number of hydrogen-bond acceptors (Lipinski definition) is 2. The third-order valence-electron chi connectivity index (χ3n) is 3.98. The molecule has 0 unspecified atom stereocenters. The Balaban J connectivity index is 1.72. The monoisotopic (exact) mass is 418 g/mol. The molecule has 0 aliphatic carbocycles. The number of allylic oxidation sites excluding steroid dienone is 4. The first-order valence-corrected chi connectivity index (χ1v) is 9.40. The first-order valence-electron chi connectivity index (χ1n) is 8.60. The maximum atomic E-state index is 12.5. The Morgan fingerprint density at radius 1 is 0.741 bits per heavy atom. The lowest BCUT2D eigenvalue weighted by Crippen LogP contribution is -1.95. The van der Waals surface area contributed by atoms with Crippen LogP contribution in [0.15, 0.2) is 102 Å². The molecule has 134 valence electrons.